The molecule has 31 heavy (non-hydrogen) atoms. The van der Waals surface area contributed by atoms with E-state index in [4.69, 9.17) is 10.7 Å². The van der Waals surface area contributed by atoms with Gasteiger partial charge in [-0.05, 0) is 49.1 Å². The minimum atomic E-state index is -0.228. The van der Waals surface area contributed by atoms with Crippen molar-refractivity contribution in [3.63, 3.8) is 0 Å². The van der Waals surface area contributed by atoms with Crippen LogP contribution in [0.4, 0.5) is 5.69 Å². The summed E-state index contributed by atoms with van der Waals surface area (Å²) in [5.74, 6) is 0.0881. The van der Waals surface area contributed by atoms with Crippen molar-refractivity contribution in [3.8, 4) is 17.0 Å². The lowest BCUT2D eigenvalue weighted by Crippen LogP contribution is -2.39. The average Bonchev–Trinajstić information content (AvgIpc) is 2.72. The van der Waals surface area contributed by atoms with E-state index in [1.165, 1.54) is 0 Å². The summed E-state index contributed by atoms with van der Waals surface area (Å²) in [6, 6.07) is 13.9. The number of rotatable bonds is 4. The van der Waals surface area contributed by atoms with Gasteiger partial charge in [0.15, 0.2) is 0 Å². The Hall–Kier alpha value is -3.18. The molecule has 0 radical (unpaired) electrons. The van der Waals surface area contributed by atoms with Gasteiger partial charge in [-0.2, -0.15) is 0 Å². The molecule has 0 atom stereocenters. The van der Waals surface area contributed by atoms with Gasteiger partial charge >= 0.3 is 0 Å². The molecular weight excluding hydrogens is 386 g/mol. The highest BCUT2D eigenvalue weighted by Crippen LogP contribution is 2.35. The van der Waals surface area contributed by atoms with Crippen LogP contribution in [0.2, 0.25) is 0 Å². The Morgan fingerprint density at radius 1 is 1.10 bits per heavy atom. The van der Waals surface area contributed by atoms with Crippen LogP contribution < -0.4 is 10.6 Å². The fraction of sp³-hybridized carbons (Fsp3) is 0.308. The van der Waals surface area contributed by atoms with Crippen molar-refractivity contribution in [2.75, 3.05) is 11.4 Å². The van der Waals surface area contributed by atoms with Gasteiger partial charge in [0.2, 0.25) is 0 Å². The van der Waals surface area contributed by atoms with Gasteiger partial charge in [0.25, 0.3) is 5.91 Å². The Balaban J connectivity index is 1.76. The molecule has 1 amide bonds. The van der Waals surface area contributed by atoms with Crippen molar-refractivity contribution < 1.29 is 9.90 Å². The largest absolute Gasteiger partial charge is 0.507 e. The zero-order valence-corrected chi connectivity index (χ0v) is 18.6. The number of benzene rings is 2. The first-order valence-corrected chi connectivity index (χ1v) is 10.7. The summed E-state index contributed by atoms with van der Waals surface area (Å²) in [6.07, 6.45) is 0.573. The monoisotopic (exact) mass is 415 g/mol. The van der Waals surface area contributed by atoms with E-state index in [1.807, 2.05) is 38.1 Å². The fourth-order valence-corrected chi connectivity index (χ4v) is 4.32. The van der Waals surface area contributed by atoms with Crippen LogP contribution in [0.25, 0.3) is 11.3 Å². The highest BCUT2D eigenvalue weighted by molar-refractivity contribution is 6.10. The smallest absolute Gasteiger partial charge is 0.263 e. The molecule has 1 aromatic heterocycles. The number of nitrogens with two attached hydrogens (primary N) is 1. The summed E-state index contributed by atoms with van der Waals surface area (Å²) >= 11 is 0. The Labute approximate surface area is 183 Å². The van der Waals surface area contributed by atoms with E-state index in [-0.39, 0.29) is 17.2 Å². The molecule has 0 spiro atoms. The van der Waals surface area contributed by atoms with Gasteiger partial charge in [0, 0.05) is 36.8 Å². The SMILES string of the molecule is Cc1cc(C)cc(-c2cc(O)c3c(n2)CCN(c2cc(C(C)C)ccc2CN)C3=O)c1. The maximum Gasteiger partial charge on any atom is 0.263 e. The molecule has 3 aromatic rings. The molecule has 1 aliphatic heterocycles. The second kappa shape index (κ2) is 8.16. The van der Waals surface area contributed by atoms with Crippen LogP contribution in [-0.2, 0) is 13.0 Å². The molecule has 5 heteroatoms. The first kappa shape index (κ1) is 21.1. The number of anilines is 1. The lowest BCUT2D eigenvalue weighted by atomic mass is 9.96. The molecule has 2 heterocycles. The number of aromatic nitrogens is 1. The van der Waals surface area contributed by atoms with Crippen LogP contribution in [0.15, 0.2) is 42.5 Å². The molecule has 5 nitrogen and oxygen atoms in total. The van der Waals surface area contributed by atoms with Crippen molar-refractivity contribution in [2.24, 2.45) is 5.73 Å². The standard InChI is InChI=1S/C26H29N3O2/c1-15(2)18-5-6-19(14-27)23(12-18)29-8-7-21-25(26(29)31)24(30)13-22(28-21)20-10-16(3)9-17(4)11-20/h5-6,9-13,15H,7-8,14,27H2,1-4H3,(H,28,30). The third-order valence-corrected chi connectivity index (χ3v) is 5.91. The molecule has 0 bridgehead atoms. The summed E-state index contributed by atoms with van der Waals surface area (Å²) < 4.78 is 0. The first-order valence-electron chi connectivity index (χ1n) is 10.7. The molecule has 3 N–H and O–H groups in total. The summed E-state index contributed by atoms with van der Waals surface area (Å²) in [5.41, 5.74) is 13.7. The molecular formula is C26H29N3O2. The van der Waals surface area contributed by atoms with Crippen molar-refractivity contribution in [2.45, 2.75) is 46.6 Å². The third kappa shape index (κ3) is 3.93. The number of amides is 1. The Morgan fingerprint density at radius 3 is 2.45 bits per heavy atom. The quantitative estimate of drug-likeness (QED) is 0.638. The van der Waals surface area contributed by atoms with E-state index < -0.39 is 0 Å². The van der Waals surface area contributed by atoms with Gasteiger partial charge in [-0.15, -0.1) is 0 Å². The Kier molecular flexibility index (Phi) is 5.54. The maximum absolute atomic E-state index is 13.4. The zero-order valence-electron chi connectivity index (χ0n) is 18.6. The van der Waals surface area contributed by atoms with Gasteiger partial charge in [-0.3, -0.25) is 9.78 Å². The summed E-state index contributed by atoms with van der Waals surface area (Å²) in [5, 5.41) is 10.8. The highest BCUT2D eigenvalue weighted by Gasteiger charge is 2.31. The number of aromatic hydroxyl groups is 1. The van der Waals surface area contributed by atoms with Crippen LogP contribution in [0.5, 0.6) is 5.75 Å². The Bertz CT molecular complexity index is 1150. The molecule has 0 aliphatic carbocycles. The van der Waals surface area contributed by atoms with Gasteiger partial charge in [-0.25, -0.2) is 0 Å². The van der Waals surface area contributed by atoms with Gasteiger partial charge < -0.3 is 15.7 Å². The zero-order chi connectivity index (χ0) is 22.3. The molecule has 0 saturated carbocycles. The number of nitrogens with zero attached hydrogens (tertiary/aromatic N) is 2. The first-order chi connectivity index (χ1) is 14.8. The maximum atomic E-state index is 13.4. The van der Waals surface area contributed by atoms with E-state index in [1.54, 1.807) is 11.0 Å². The third-order valence-electron chi connectivity index (χ3n) is 5.91. The number of aryl methyl sites for hydroxylation is 2. The van der Waals surface area contributed by atoms with E-state index in [0.717, 1.165) is 33.5 Å². The average molecular weight is 416 g/mol. The van der Waals surface area contributed by atoms with Crippen molar-refractivity contribution in [3.05, 3.63) is 76.0 Å². The predicted octanol–water partition coefficient (Wildman–Crippen LogP) is 4.86. The molecule has 0 fully saturated rings. The topological polar surface area (TPSA) is 79.5 Å². The van der Waals surface area contributed by atoms with Crippen LogP contribution in [0.3, 0.4) is 0 Å². The van der Waals surface area contributed by atoms with E-state index in [2.05, 4.69) is 26.0 Å². The minimum Gasteiger partial charge on any atom is -0.507 e. The molecule has 0 saturated heterocycles. The highest BCUT2D eigenvalue weighted by atomic mass is 16.3. The summed E-state index contributed by atoms with van der Waals surface area (Å²) in [6.45, 7) is 9.17. The number of pyridine rings is 1. The lowest BCUT2D eigenvalue weighted by Gasteiger charge is -2.31. The summed E-state index contributed by atoms with van der Waals surface area (Å²) in [4.78, 5) is 19.9. The number of carbonyl (C=O) groups excluding carboxylic acids is 1. The second-order valence-electron chi connectivity index (χ2n) is 8.68. The normalized spacial score (nSPS) is 13.6. The van der Waals surface area contributed by atoms with Crippen molar-refractivity contribution >= 4 is 11.6 Å². The Morgan fingerprint density at radius 2 is 1.81 bits per heavy atom. The number of hydrogen-bond donors (Lipinski definition) is 2. The van der Waals surface area contributed by atoms with E-state index in [0.29, 0.717) is 36.8 Å². The fourth-order valence-electron chi connectivity index (χ4n) is 4.32. The van der Waals surface area contributed by atoms with Crippen LogP contribution in [0, 0.1) is 13.8 Å². The van der Waals surface area contributed by atoms with Crippen molar-refractivity contribution in [1.29, 1.82) is 0 Å². The van der Waals surface area contributed by atoms with E-state index >= 15 is 0 Å². The molecule has 2 aromatic carbocycles. The lowest BCUT2D eigenvalue weighted by molar-refractivity contribution is 0.0977. The van der Waals surface area contributed by atoms with Crippen LogP contribution >= 0.6 is 0 Å². The minimum absolute atomic E-state index is 0.0248. The van der Waals surface area contributed by atoms with Gasteiger partial charge in [-0.1, -0.05) is 43.2 Å². The number of carbonyl (C=O) groups is 1. The molecule has 4 rings (SSSR count). The second-order valence-corrected chi connectivity index (χ2v) is 8.68. The van der Waals surface area contributed by atoms with Crippen molar-refractivity contribution in [1.82, 2.24) is 4.98 Å². The van der Waals surface area contributed by atoms with Gasteiger partial charge in [0.1, 0.15) is 11.3 Å². The van der Waals surface area contributed by atoms with E-state index in [9.17, 15) is 9.90 Å². The van der Waals surface area contributed by atoms with Crippen LogP contribution in [-0.4, -0.2) is 22.5 Å². The molecule has 0 unspecified atom stereocenters. The number of fused-ring (bicyclic) bond motifs is 1. The van der Waals surface area contributed by atoms with Gasteiger partial charge in [0.05, 0.1) is 11.4 Å². The molecule has 1 aliphatic rings. The number of hydrogen-bond acceptors (Lipinski definition) is 4. The van der Waals surface area contributed by atoms with Crippen LogP contribution in [0.1, 0.15) is 58.1 Å². The summed E-state index contributed by atoms with van der Waals surface area (Å²) in [7, 11) is 0. The predicted molar refractivity (Wildman–Crippen MR) is 125 cm³/mol. The molecule has 160 valence electrons.